The Bertz CT molecular complexity index is 1230. The number of aryl methyl sites for hydroxylation is 1. The molecule has 6 rings (SSSR count). The molecular formula is C26H28N4O. The van der Waals surface area contributed by atoms with Gasteiger partial charge in [-0.3, -0.25) is 0 Å². The molecule has 2 aliphatic carbocycles. The average Bonchev–Trinajstić information content (AvgIpc) is 3.57. The number of imidazole rings is 1. The van der Waals surface area contributed by atoms with Crippen molar-refractivity contribution < 1.29 is 4.74 Å². The van der Waals surface area contributed by atoms with Gasteiger partial charge in [-0.1, -0.05) is 37.1 Å². The summed E-state index contributed by atoms with van der Waals surface area (Å²) < 4.78 is 7.90. The Morgan fingerprint density at radius 3 is 2.81 bits per heavy atom. The smallest absolute Gasteiger partial charge is 0.213 e. The van der Waals surface area contributed by atoms with Crippen molar-refractivity contribution in [3.63, 3.8) is 0 Å². The van der Waals surface area contributed by atoms with Crippen molar-refractivity contribution in [3.05, 3.63) is 65.9 Å². The SMILES string of the molecule is COc1cc2c(-c3c(C4CCCC4)ncn3C3CCCc4ccccc43)c[nH]c2cn1. The largest absolute Gasteiger partial charge is 0.481 e. The van der Waals surface area contributed by atoms with Crippen LogP contribution in [0.3, 0.4) is 0 Å². The summed E-state index contributed by atoms with van der Waals surface area (Å²) in [5.74, 6) is 1.19. The summed E-state index contributed by atoms with van der Waals surface area (Å²) >= 11 is 0. The van der Waals surface area contributed by atoms with Gasteiger partial charge in [0.25, 0.3) is 0 Å². The minimum absolute atomic E-state index is 0.330. The fourth-order valence-corrected chi connectivity index (χ4v) is 5.71. The van der Waals surface area contributed by atoms with Crippen LogP contribution in [-0.2, 0) is 6.42 Å². The highest BCUT2D eigenvalue weighted by atomic mass is 16.5. The predicted octanol–water partition coefficient (Wildman–Crippen LogP) is 6.02. The zero-order valence-corrected chi connectivity index (χ0v) is 18.0. The molecule has 1 saturated carbocycles. The Kier molecular flexibility index (Phi) is 4.55. The first-order valence-electron chi connectivity index (χ1n) is 11.5. The number of benzene rings is 1. The first-order valence-corrected chi connectivity index (χ1v) is 11.5. The summed E-state index contributed by atoms with van der Waals surface area (Å²) in [6.45, 7) is 0. The van der Waals surface area contributed by atoms with Crippen molar-refractivity contribution in [2.24, 2.45) is 0 Å². The zero-order valence-electron chi connectivity index (χ0n) is 18.0. The second kappa shape index (κ2) is 7.56. The molecule has 0 bridgehead atoms. The molecule has 3 aromatic heterocycles. The lowest BCUT2D eigenvalue weighted by atomic mass is 9.87. The fourth-order valence-electron chi connectivity index (χ4n) is 5.71. The van der Waals surface area contributed by atoms with Crippen LogP contribution in [0.1, 0.15) is 67.3 Å². The molecular weight excluding hydrogens is 384 g/mol. The van der Waals surface area contributed by atoms with Crippen molar-refractivity contribution in [1.82, 2.24) is 19.5 Å². The van der Waals surface area contributed by atoms with Gasteiger partial charge < -0.3 is 14.3 Å². The number of nitrogens with one attached hydrogen (secondary N) is 1. The molecule has 1 unspecified atom stereocenters. The summed E-state index contributed by atoms with van der Waals surface area (Å²) in [6.07, 6.45) is 14.7. The van der Waals surface area contributed by atoms with Crippen LogP contribution in [0.2, 0.25) is 0 Å². The predicted molar refractivity (Wildman–Crippen MR) is 123 cm³/mol. The van der Waals surface area contributed by atoms with Crippen molar-refractivity contribution in [3.8, 4) is 17.1 Å². The standard InChI is InChI=1S/C26H28N4O/c1-31-24-13-20-21(14-27-22(20)15-28-24)26-25(18-8-2-3-9-18)29-16-30(26)23-12-6-10-17-7-4-5-11-19(17)23/h4-5,7,11,13-16,18,23,27H,2-3,6,8-10,12H2,1H3. The van der Waals surface area contributed by atoms with Gasteiger partial charge in [0, 0.05) is 29.1 Å². The summed E-state index contributed by atoms with van der Waals surface area (Å²) in [5, 5.41) is 1.15. The highest BCUT2D eigenvalue weighted by molar-refractivity contribution is 5.95. The van der Waals surface area contributed by atoms with E-state index in [4.69, 9.17) is 9.72 Å². The van der Waals surface area contributed by atoms with Crippen LogP contribution in [0.5, 0.6) is 5.88 Å². The molecule has 0 saturated heterocycles. The van der Waals surface area contributed by atoms with E-state index in [9.17, 15) is 0 Å². The topological polar surface area (TPSA) is 55.7 Å². The van der Waals surface area contributed by atoms with Crippen molar-refractivity contribution in [2.45, 2.75) is 56.9 Å². The minimum Gasteiger partial charge on any atom is -0.481 e. The van der Waals surface area contributed by atoms with Gasteiger partial charge in [-0.15, -0.1) is 0 Å². The van der Waals surface area contributed by atoms with Gasteiger partial charge in [-0.2, -0.15) is 0 Å². The monoisotopic (exact) mass is 412 g/mol. The number of nitrogens with zero attached hydrogens (tertiary/aromatic N) is 3. The average molecular weight is 413 g/mol. The van der Waals surface area contributed by atoms with Crippen LogP contribution in [-0.4, -0.2) is 26.6 Å². The number of pyridine rings is 1. The van der Waals surface area contributed by atoms with Crippen LogP contribution in [0, 0.1) is 0 Å². The van der Waals surface area contributed by atoms with E-state index in [2.05, 4.69) is 51.3 Å². The second-order valence-corrected chi connectivity index (χ2v) is 8.95. The molecule has 3 heterocycles. The molecule has 158 valence electrons. The fraction of sp³-hybridized carbons (Fsp3) is 0.385. The normalized spacial score (nSPS) is 19.1. The van der Waals surface area contributed by atoms with E-state index in [1.807, 2.05) is 12.3 Å². The number of hydrogen-bond acceptors (Lipinski definition) is 3. The summed E-state index contributed by atoms with van der Waals surface area (Å²) in [4.78, 5) is 12.9. The Morgan fingerprint density at radius 1 is 1.06 bits per heavy atom. The highest BCUT2D eigenvalue weighted by Crippen LogP contribution is 2.44. The Morgan fingerprint density at radius 2 is 1.94 bits per heavy atom. The molecule has 31 heavy (non-hydrogen) atoms. The maximum absolute atomic E-state index is 5.44. The van der Waals surface area contributed by atoms with Gasteiger partial charge in [0.2, 0.25) is 5.88 Å². The molecule has 1 atom stereocenters. The molecule has 2 aliphatic rings. The van der Waals surface area contributed by atoms with E-state index in [1.54, 1.807) is 7.11 Å². The van der Waals surface area contributed by atoms with Gasteiger partial charge in [-0.25, -0.2) is 9.97 Å². The van der Waals surface area contributed by atoms with Crippen LogP contribution >= 0.6 is 0 Å². The molecule has 0 amide bonds. The molecule has 1 fully saturated rings. The molecule has 0 aliphatic heterocycles. The number of hydrogen-bond donors (Lipinski definition) is 1. The first-order chi connectivity index (χ1) is 15.3. The Labute approximate surface area is 182 Å². The molecule has 5 heteroatoms. The number of aromatic amines is 1. The third-order valence-electron chi connectivity index (χ3n) is 7.24. The highest BCUT2D eigenvalue weighted by Gasteiger charge is 2.30. The maximum Gasteiger partial charge on any atom is 0.213 e. The Balaban J connectivity index is 1.57. The van der Waals surface area contributed by atoms with Gasteiger partial charge in [0.15, 0.2) is 0 Å². The van der Waals surface area contributed by atoms with Gasteiger partial charge >= 0.3 is 0 Å². The molecule has 1 aromatic carbocycles. The van der Waals surface area contributed by atoms with Gasteiger partial charge in [0.1, 0.15) is 0 Å². The number of rotatable bonds is 4. The second-order valence-electron chi connectivity index (χ2n) is 8.95. The van der Waals surface area contributed by atoms with Gasteiger partial charge in [0.05, 0.1) is 42.6 Å². The maximum atomic E-state index is 5.44. The molecule has 0 radical (unpaired) electrons. The third kappa shape index (κ3) is 3.06. The minimum atomic E-state index is 0.330. The molecule has 0 spiro atoms. The summed E-state index contributed by atoms with van der Waals surface area (Å²) in [6, 6.07) is 11.3. The quantitative estimate of drug-likeness (QED) is 0.446. The van der Waals surface area contributed by atoms with Gasteiger partial charge in [-0.05, 0) is 43.2 Å². The van der Waals surface area contributed by atoms with Crippen LogP contribution in [0.25, 0.3) is 22.2 Å². The zero-order chi connectivity index (χ0) is 20.8. The van der Waals surface area contributed by atoms with E-state index < -0.39 is 0 Å². The van der Waals surface area contributed by atoms with Crippen molar-refractivity contribution in [1.29, 1.82) is 0 Å². The number of aromatic nitrogens is 4. The van der Waals surface area contributed by atoms with Crippen molar-refractivity contribution >= 4 is 10.9 Å². The van der Waals surface area contributed by atoms with Crippen LogP contribution < -0.4 is 4.74 Å². The number of fused-ring (bicyclic) bond motifs is 2. The van der Waals surface area contributed by atoms with E-state index in [0.29, 0.717) is 17.8 Å². The molecule has 1 N–H and O–H groups in total. The van der Waals surface area contributed by atoms with E-state index in [0.717, 1.165) is 17.3 Å². The molecule has 4 aromatic rings. The summed E-state index contributed by atoms with van der Waals surface area (Å²) in [5.41, 5.74) is 7.70. The summed E-state index contributed by atoms with van der Waals surface area (Å²) in [7, 11) is 1.67. The third-order valence-corrected chi connectivity index (χ3v) is 7.24. The number of methoxy groups -OCH3 is 1. The van der Waals surface area contributed by atoms with E-state index >= 15 is 0 Å². The lowest BCUT2D eigenvalue weighted by molar-refractivity contribution is 0.399. The van der Waals surface area contributed by atoms with Crippen LogP contribution in [0.15, 0.2) is 49.1 Å². The first kappa shape index (κ1) is 18.7. The Hall–Kier alpha value is -3.08. The number of H-pyrrole nitrogens is 1. The lowest BCUT2D eigenvalue weighted by Crippen LogP contribution is -2.17. The van der Waals surface area contributed by atoms with E-state index in [1.165, 1.54) is 66.6 Å². The number of ether oxygens (including phenoxy) is 1. The van der Waals surface area contributed by atoms with E-state index in [-0.39, 0.29) is 0 Å². The van der Waals surface area contributed by atoms with Crippen LogP contribution in [0.4, 0.5) is 0 Å². The molecule has 5 nitrogen and oxygen atoms in total. The lowest BCUT2D eigenvalue weighted by Gasteiger charge is -2.28. The van der Waals surface area contributed by atoms with Crippen molar-refractivity contribution in [2.75, 3.05) is 7.11 Å².